The summed E-state index contributed by atoms with van der Waals surface area (Å²) < 4.78 is 0. The quantitative estimate of drug-likeness (QED) is 0.690. The van der Waals surface area contributed by atoms with Gasteiger partial charge in [-0.3, -0.25) is 0 Å². The molecule has 0 aromatic heterocycles. The van der Waals surface area contributed by atoms with E-state index < -0.39 is 5.54 Å². The summed E-state index contributed by atoms with van der Waals surface area (Å²) in [7, 11) is 0. The zero-order valence-electron chi connectivity index (χ0n) is 4.64. The van der Waals surface area contributed by atoms with Crippen LogP contribution in [0.1, 0.15) is 13.8 Å². The van der Waals surface area contributed by atoms with Gasteiger partial charge in [0.2, 0.25) is 0 Å². The van der Waals surface area contributed by atoms with Gasteiger partial charge in [0.05, 0.1) is 6.61 Å². The second-order valence-electron chi connectivity index (χ2n) is 2.15. The fourth-order valence-electron chi connectivity index (χ4n) is 0. The number of rotatable bonds is 1. The van der Waals surface area contributed by atoms with Crippen LogP contribution in [0.4, 0.5) is 0 Å². The Morgan fingerprint density at radius 3 is 1.71 bits per heavy atom. The van der Waals surface area contributed by atoms with E-state index in [-0.39, 0.29) is 27.7 Å². The standard InChI is InChI=1S/C4H11NO.W/c1-4(2,5)3-6;/h6H,3,5H2,1-2H3;. The molecule has 44 valence electrons. The van der Waals surface area contributed by atoms with Crippen molar-refractivity contribution in [2.24, 2.45) is 5.73 Å². The Morgan fingerprint density at radius 1 is 1.57 bits per heavy atom. The molecule has 0 rings (SSSR count). The molecule has 0 atom stereocenters. The number of hydrogen-bond donors (Lipinski definition) is 2. The van der Waals surface area contributed by atoms with Gasteiger partial charge in [0.25, 0.3) is 0 Å². The molecule has 2 nitrogen and oxygen atoms in total. The van der Waals surface area contributed by atoms with Gasteiger partial charge in [0.1, 0.15) is 0 Å². The van der Waals surface area contributed by atoms with Crippen LogP contribution in [-0.4, -0.2) is 17.3 Å². The van der Waals surface area contributed by atoms with Crippen LogP contribution in [0, 0.1) is 0 Å². The third-order valence-corrected chi connectivity index (χ3v) is 0.408. The molecular weight excluding hydrogens is 262 g/mol. The third-order valence-electron chi connectivity index (χ3n) is 0.408. The molecule has 0 bridgehead atoms. The number of nitrogens with two attached hydrogens (primary N) is 1. The molecule has 0 aliphatic carbocycles. The van der Waals surface area contributed by atoms with Gasteiger partial charge in [-0.25, -0.2) is 0 Å². The predicted octanol–water partition coefficient (Wildman–Crippen LogP) is -0.287. The molecule has 0 aromatic carbocycles. The maximum atomic E-state index is 8.28. The average molecular weight is 273 g/mol. The molecule has 0 heterocycles. The monoisotopic (exact) mass is 273 g/mol. The molecule has 0 unspecified atom stereocenters. The van der Waals surface area contributed by atoms with Crippen molar-refractivity contribution in [3.63, 3.8) is 0 Å². The first-order chi connectivity index (χ1) is 2.56. The van der Waals surface area contributed by atoms with Gasteiger partial charge in [0, 0.05) is 26.6 Å². The molecule has 7 heavy (non-hydrogen) atoms. The first-order valence-electron chi connectivity index (χ1n) is 1.96. The van der Waals surface area contributed by atoms with E-state index in [4.69, 9.17) is 10.8 Å². The zero-order chi connectivity index (χ0) is 5.21. The van der Waals surface area contributed by atoms with Gasteiger partial charge in [-0.2, -0.15) is 0 Å². The second-order valence-corrected chi connectivity index (χ2v) is 2.15. The van der Waals surface area contributed by atoms with Crippen LogP contribution in [-0.2, 0) is 21.1 Å². The Kier molecular flexibility index (Phi) is 5.42. The van der Waals surface area contributed by atoms with E-state index in [9.17, 15) is 0 Å². The normalized spacial score (nSPS) is 10.3. The van der Waals surface area contributed by atoms with Crippen molar-refractivity contribution in [3.05, 3.63) is 0 Å². The van der Waals surface area contributed by atoms with Crippen molar-refractivity contribution in [1.82, 2.24) is 0 Å². The van der Waals surface area contributed by atoms with E-state index in [2.05, 4.69) is 0 Å². The number of hydrogen-bond acceptors (Lipinski definition) is 2. The maximum Gasteiger partial charge on any atom is 0.0605 e. The third kappa shape index (κ3) is 10.8. The fourth-order valence-corrected chi connectivity index (χ4v) is 0. The van der Waals surface area contributed by atoms with Crippen molar-refractivity contribution >= 4 is 0 Å². The minimum Gasteiger partial charge on any atom is -0.394 e. The molecular formula is C4H11NOW. The van der Waals surface area contributed by atoms with Crippen molar-refractivity contribution in [3.8, 4) is 0 Å². The van der Waals surface area contributed by atoms with Crippen LogP contribution >= 0.6 is 0 Å². The minimum atomic E-state index is -0.403. The van der Waals surface area contributed by atoms with Gasteiger partial charge in [-0.1, -0.05) is 0 Å². The fraction of sp³-hybridized carbons (Fsp3) is 1.00. The molecule has 0 amide bonds. The Morgan fingerprint density at radius 2 is 1.71 bits per heavy atom. The van der Waals surface area contributed by atoms with Crippen molar-refractivity contribution in [1.29, 1.82) is 0 Å². The van der Waals surface area contributed by atoms with Gasteiger partial charge in [0.15, 0.2) is 0 Å². The van der Waals surface area contributed by atoms with Crippen LogP contribution < -0.4 is 5.73 Å². The molecule has 0 radical (unpaired) electrons. The Labute approximate surface area is 58.4 Å². The molecule has 0 fully saturated rings. The van der Waals surface area contributed by atoms with Crippen molar-refractivity contribution in [2.75, 3.05) is 6.61 Å². The van der Waals surface area contributed by atoms with E-state index in [1.165, 1.54) is 0 Å². The van der Waals surface area contributed by atoms with Crippen molar-refractivity contribution < 1.29 is 26.2 Å². The molecule has 3 heteroatoms. The van der Waals surface area contributed by atoms with E-state index in [1.54, 1.807) is 13.8 Å². The van der Waals surface area contributed by atoms with Crippen LogP contribution in [0.2, 0.25) is 0 Å². The number of aliphatic hydroxyl groups is 1. The summed E-state index contributed by atoms with van der Waals surface area (Å²) in [5.41, 5.74) is 4.88. The van der Waals surface area contributed by atoms with Crippen molar-refractivity contribution in [2.45, 2.75) is 19.4 Å². The van der Waals surface area contributed by atoms with Gasteiger partial charge >= 0.3 is 0 Å². The molecule has 0 saturated carbocycles. The summed E-state index contributed by atoms with van der Waals surface area (Å²) in [6.45, 7) is 3.59. The number of aliphatic hydroxyl groups excluding tert-OH is 1. The van der Waals surface area contributed by atoms with Crippen LogP contribution in [0.15, 0.2) is 0 Å². The SMILES string of the molecule is CC(C)(N)CO.[W]. The van der Waals surface area contributed by atoms with Gasteiger partial charge in [-0.15, -0.1) is 0 Å². The zero-order valence-corrected chi connectivity index (χ0v) is 7.57. The first kappa shape index (κ1) is 10.6. The molecule has 0 aromatic rings. The van der Waals surface area contributed by atoms with Gasteiger partial charge in [-0.05, 0) is 13.8 Å². The van der Waals surface area contributed by atoms with E-state index in [0.717, 1.165) is 0 Å². The Bertz CT molecular complexity index is 41.4. The van der Waals surface area contributed by atoms with Crippen LogP contribution in [0.5, 0.6) is 0 Å². The topological polar surface area (TPSA) is 46.2 Å². The molecule has 3 N–H and O–H groups in total. The minimum absolute atomic E-state index is 0. The van der Waals surface area contributed by atoms with E-state index >= 15 is 0 Å². The summed E-state index contributed by atoms with van der Waals surface area (Å²) in [4.78, 5) is 0. The summed E-state index contributed by atoms with van der Waals surface area (Å²) in [6, 6.07) is 0. The average Bonchev–Trinajstić information content (AvgIpc) is 1.35. The Hall–Kier alpha value is 0.608. The summed E-state index contributed by atoms with van der Waals surface area (Å²) >= 11 is 0. The Balaban J connectivity index is 0. The largest absolute Gasteiger partial charge is 0.394 e. The molecule has 0 saturated heterocycles. The van der Waals surface area contributed by atoms with E-state index in [1.807, 2.05) is 0 Å². The summed E-state index contributed by atoms with van der Waals surface area (Å²) in [5, 5.41) is 8.28. The molecule has 0 aliphatic rings. The molecule has 0 aliphatic heterocycles. The molecule has 0 spiro atoms. The summed E-state index contributed by atoms with van der Waals surface area (Å²) in [5.74, 6) is 0. The van der Waals surface area contributed by atoms with Crippen LogP contribution in [0.25, 0.3) is 0 Å². The smallest absolute Gasteiger partial charge is 0.0605 e. The van der Waals surface area contributed by atoms with Crippen LogP contribution in [0.3, 0.4) is 0 Å². The van der Waals surface area contributed by atoms with Gasteiger partial charge < -0.3 is 10.8 Å². The second kappa shape index (κ2) is 3.59. The maximum absolute atomic E-state index is 8.28. The summed E-state index contributed by atoms with van der Waals surface area (Å²) in [6.07, 6.45) is 0. The predicted molar refractivity (Wildman–Crippen MR) is 25.4 cm³/mol. The van der Waals surface area contributed by atoms with E-state index in [0.29, 0.717) is 0 Å². The first-order valence-corrected chi connectivity index (χ1v) is 1.96.